The maximum Gasteiger partial charge on any atom is 0.291 e. The number of carbonyl (C=O) groups is 1. The topological polar surface area (TPSA) is 80.0 Å². The van der Waals surface area contributed by atoms with Gasteiger partial charge < -0.3 is 15.1 Å². The first-order valence-corrected chi connectivity index (χ1v) is 8.74. The van der Waals surface area contributed by atoms with E-state index in [0.29, 0.717) is 5.69 Å². The quantitative estimate of drug-likeness (QED) is 0.533. The first kappa shape index (κ1) is 16.0. The van der Waals surface area contributed by atoms with Crippen molar-refractivity contribution in [1.82, 2.24) is 9.97 Å². The molecule has 0 bridgehead atoms. The lowest BCUT2D eigenvalue weighted by Gasteiger charge is -2.06. The molecule has 7 heteroatoms. The third-order valence-corrected chi connectivity index (χ3v) is 4.38. The predicted octanol–water partition coefficient (Wildman–Crippen LogP) is 4.79. The Morgan fingerprint density at radius 2 is 1.77 bits per heavy atom. The van der Waals surface area contributed by atoms with E-state index in [1.165, 1.54) is 17.6 Å². The van der Waals surface area contributed by atoms with E-state index in [-0.39, 0.29) is 11.7 Å². The number of anilines is 3. The van der Waals surface area contributed by atoms with Crippen molar-refractivity contribution in [1.29, 1.82) is 0 Å². The molecule has 128 valence electrons. The molecule has 0 fully saturated rings. The van der Waals surface area contributed by atoms with Crippen LogP contribution in [0.5, 0.6) is 0 Å². The molecule has 4 rings (SSSR count). The zero-order chi connectivity index (χ0) is 17.8. The van der Waals surface area contributed by atoms with Gasteiger partial charge in [0.15, 0.2) is 10.9 Å². The van der Waals surface area contributed by atoms with Crippen LogP contribution in [-0.4, -0.2) is 15.9 Å². The van der Waals surface area contributed by atoms with Crippen molar-refractivity contribution in [3.05, 3.63) is 78.3 Å². The second kappa shape index (κ2) is 7.20. The summed E-state index contributed by atoms with van der Waals surface area (Å²) in [4.78, 5) is 20.5. The molecule has 1 amide bonds. The number of carbonyl (C=O) groups excluding carboxylic acids is 1. The Balaban J connectivity index is 1.42. The molecule has 0 radical (unpaired) electrons. The second-order valence-electron chi connectivity index (χ2n) is 5.41. The van der Waals surface area contributed by atoms with Gasteiger partial charge in [0.2, 0.25) is 0 Å². The Bertz CT molecular complexity index is 996. The summed E-state index contributed by atoms with van der Waals surface area (Å²) in [5.41, 5.74) is 3.51. The van der Waals surface area contributed by atoms with Crippen LogP contribution in [-0.2, 0) is 0 Å². The first-order valence-electron chi connectivity index (χ1n) is 7.86. The van der Waals surface area contributed by atoms with Crippen LogP contribution in [0.2, 0.25) is 0 Å². The van der Waals surface area contributed by atoms with Crippen LogP contribution in [0.25, 0.3) is 11.3 Å². The molecular weight excluding hydrogens is 348 g/mol. The number of nitrogens with one attached hydrogen (secondary N) is 2. The minimum Gasteiger partial charge on any atom is -0.459 e. The zero-order valence-electron chi connectivity index (χ0n) is 13.5. The van der Waals surface area contributed by atoms with Crippen LogP contribution in [0.1, 0.15) is 10.6 Å². The first-order chi connectivity index (χ1) is 12.8. The van der Waals surface area contributed by atoms with E-state index < -0.39 is 0 Å². The van der Waals surface area contributed by atoms with Crippen LogP contribution in [0, 0.1) is 0 Å². The van der Waals surface area contributed by atoms with Crippen molar-refractivity contribution in [3.63, 3.8) is 0 Å². The van der Waals surface area contributed by atoms with Crippen LogP contribution >= 0.6 is 11.3 Å². The molecule has 0 atom stereocenters. The zero-order valence-corrected chi connectivity index (χ0v) is 14.4. The molecule has 0 spiro atoms. The third-order valence-electron chi connectivity index (χ3n) is 3.62. The molecule has 26 heavy (non-hydrogen) atoms. The molecule has 3 heterocycles. The highest BCUT2D eigenvalue weighted by Gasteiger charge is 2.09. The number of rotatable bonds is 5. The predicted molar refractivity (Wildman–Crippen MR) is 102 cm³/mol. The van der Waals surface area contributed by atoms with Crippen LogP contribution in [0.4, 0.5) is 16.5 Å². The van der Waals surface area contributed by atoms with Crippen molar-refractivity contribution >= 4 is 33.8 Å². The maximum atomic E-state index is 12.0. The van der Waals surface area contributed by atoms with Crippen LogP contribution < -0.4 is 10.6 Å². The Hall–Kier alpha value is -3.45. The van der Waals surface area contributed by atoms with E-state index in [4.69, 9.17) is 4.42 Å². The summed E-state index contributed by atoms with van der Waals surface area (Å²) in [5.74, 6) is -0.00347. The summed E-state index contributed by atoms with van der Waals surface area (Å²) < 4.78 is 5.07. The smallest absolute Gasteiger partial charge is 0.291 e. The summed E-state index contributed by atoms with van der Waals surface area (Å²) in [6.45, 7) is 0. The van der Waals surface area contributed by atoms with E-state index in [9.17, 15) is 4.79 Å². The standard InChI is InChI=1S/C19H14N4O2S/c24-18(17-2-1-11-25-17)21-14-3-5-15(6-4-14)22-19-23-16(12-26-19)13-7-9-20-10-8-13/h1-12H,(H,21,24)(H,22,23). The fourth-order valence-corrected chi connectivity index (χ4v) is 3.09. The van der Waals surface area contributed by atoms with Gasteiger partial charge in [-0.05, 0) is 48.5 Å². The summed E-state index contributed by atoms with van der Waals surface area (Å²) in [6, 6.07) is 14.5. The molecule has 0 aliphatic carbocycles. The van der Waals surface area contributed by atoms with Gasteiger partial charge in [-0.3, -0.25) is 9.78 Å². The number of hydrogen-bond donors (Lipinski definition) is 2. The number of hydrogen-bond acceptors (Lipinski definition) is 6. The van der Waals surface area contributed by atoms with Gasteiger partial charge in [-0.2, -0.15) is 0 Å². The fourth-order valence-electron chi connectivity index (χ4n) is 2.35. The Kier molecular flexibility index (Phi) is 4.44. The number of furan rings is 1. The van der Waals surface area contributed by atoms with Crippen LogP contribution in [0.3, 0.4) is 0 Å². The van der Waals surface area contributed by atoms with Crippen LogP contribution in [0.15, 0.2) is 77.0 Å². The molecule has 0 unspecified atom stereocenters. The van der Waals surface area contributed by atoms with Gasteiger partial charge in [-0.1, -0.05) is 0 Å². The lowest BCUT2D eigenvalue weighted by molar-refractivity contribution is 0.0996. The van der Waals surface area contributed by atoms with Gasteiger partial charge in [0.05, 0.1) is 12.0 Å². The third kappa shape index (κ3) is 3.62. The number of nitrogens with zero attached hydrogens (tertiary/aromatic N) is 2. The van der Waals surface area contributed by atoms with Gasteiger partial charge in [-0.25, -0.2) is 4.98 Å². The molecule has 0 saturated heterocycles. The fraction of sp³-hybridized carbons (Fsp3) is 0. The molecule has 1 aromatic carbocycles. The lowest BCUT2D eigenvalue weighted by Crippen LogP contribution is -2.10. The Morgan fingerprint density at radius 3 is 2.50 bits per heavy atom. The van der Waals surface area contributed by atoms with E-state index in [1.807, 2.05) is 41.8 Å². The Morgan fingerprint density at radius 1 is 1.00 bits per heavy atom. The minimum atomic E-state index is -0.280. The van der Waals surface area contributed by atoms with Gasteiger partial charge in [-0.15, -0.1) is 11.3 Å². The molecule has 2 N–H and O–H groups in total. The molecule has 3 aromatic heterocycles. The number of thiazole rings is 1. The van der Waals surface area contributed by atoms with Gasteiger partial charge in [0.25, 0.3) is 5.91 Å². The number of amides is 1. The minimum absolute atomic E-state index is 0.277. The lowest BCUT2D eigenvalue weighted by atomic mass is 10.2. The van der Waals surface area contributed by atoms with Gasteiger partial charge in [0.1, 0.15) is 0 Å². The summed E-state index contributed by atoms with van der Waals surface area (Å²) >= 11 is 1.53. The Labute approximate surface area is 153 Å². The molecule has 4 aromatic rings. The highest BCUT2D eigenvalue weighted by molar-refractivity contribution is 7.14. The van der Waals surface area contributed by atoms with Crippen molar-refractivity contribution in [2.45, 2.75) is 0 Å². The maximum absolute atomic E-state index is 12.0. The monoisotopic (exact) mass is 362 g/mol. The van der Waals surface area contributed by atoms with E-state index in [2.05, 4.69) is 20.6 Å². The van der Waals surface area contributed by atoms with E-state index in [0.717, 1.165) is 22.1 Å². The molecule has 6 nitrogen and oxygen atoms in total. The molecular formula is C19H14N4O2S. The van der Waals surface area contributed by atoms with E-state index >= 15 is 0 Å². The average Bonchev–Trinajstić information content (AvgIpc) is 3.36. The van der Waals surface area contributed by atoms with Crippen molar-refractivity contribution in [2.75, 3.05) is 10.6 Å². The molecule has 0 aliphatic heterocycles. The molecule has 0 saturated carbocycles. The van der Waals surface area contributed by atoms with Crippen molar-refractivity contribution in [2.24, 2.45) is 0 Å². The summed E-state index contributed by atoms with van der Waals surface area (Å²) in [7, 11) is 0. The highest BCUT2D eigenvalue weighted by atomic mass is 32.1. The highest BCUT2D eigenvalue weighted by Crippen LogP contribution is 2.27. The molecule has 0 aliphatic rings. The summed E-state index contributed by atoms with van der Waals surface area (Å²) in [5, 5.41) is 8.84. The second-order valence-corrected chi connectivity index (χ2v) is 6.27. The van der Waals surface area contributed by atoms with Gasteiger partial charge in [0, 0.05) is 34.7 Å². The number of benzene rings is 1. The number of aromatic nitrogens is 2. The van der Waals surface area contributed by atoms with Crippen molar-refractivity contribution in [3.8, 4) is 11.3 Å². The summed E-state index contributed by atoms with van der Waals surface area (Å²) in [6.07, 6.45) is 4.96. The largest absolute Gasteiger partial charge is 0.459 e. The normalized spacial score (nSPS) is 10.5. The average molecular weight is 362 g/mol. The van der Waals surface area contributed by atoms with E-state index in [1.54, 1.807) is 24.5 Å². The van der Waals surface area contributed by atoms with Gasteiger partial charge >= 0.3 is 0 Å². The number of pyridine rings is 1. The van der Waals surface area contributed by atoms with Crippen molar-refractivity contribution < 1.29 is 9.21 Å². The SMILES string of the molecule is O=C(Nc1ccc(Nc2nc(-c3ccncc3)cs2)cc1)c1ccco1.